The number of ether oxygens (including phenoxy) is 1. The SMILES string of the molecule is CCCC(Nc1cc(OC)ccc1C#N)C(=O)O. The molecule has 0 fully saturated rings. The van der Waals surface area contributed by atoms with Crippen LogP contribution in [-0.2, 0) is 4.79 Å². The van der Waals surface area contributed by atoms with Gasteiger partial charge in [0, 0.05) is 6.07 Å². The molecule has 2 N–H and O–H groups in total. The summed E-state index contributed by atoms with van der Waals surface area (Å²) in [6.07, 6.45) is 1.24. The lowest BCUT2D eigenvalue weighted by molar-refractivity contribution is -0.138. The lowest BCUT2D eigenvalue weighted by Crippen LogP contribution is -2.29. The summed E-state index contributed by atoms with van der Waals surface area (Å²) >= 11 is 0. The second kappa shape index (κ2) is 6.50. The highest BCUT2D eigenvalue weighted by Gasteiger charge is 2.17. The third-order valence-electron chi connectivity index (χ3n) is 2.55. The molecule has 0 saturated carbocycles. The molecule has 0 saturated heterocycles. The number of nitriles is 1. The Morgan fingerprint density at radius 3 is 2.83 bits per heavy atom. The maximum absolute atomic E-state index is 11.1. The lowest BCUT2D eigenvalue weighted by Gasteiger charge is -2.16. The van der Waals surface area contributed by atoms with Crippen LogP contribution in [0.1, 0.15) is 25.3 Å². The Balaban J connectivity index is 3.00. The van der Waals surface area contributed by atoms with Crippen molar-refractivity contribution in [3.05, 3.63) is 23.8 Å². The van der Waals surface area contributed by atoms with Gasteiger partial charge in [-0.1, -0.05) is 13.3 Å². The second-order valence-electron chi connectivity index (χ2n) is 3.85. The van der Waals surface area contributed by atoms with Crippen LogP contribution in [-0.4, -0.2) is 24.2 Å². The summed E-state index contributed by atoms with van der Waals surface area (Å²) in [6.45, 7) is 1.91. The van der Waals surface area contributed by atoms with Crippen LogP contribution in [0.5, 0.6) is 5.75 Å². The van der Waals surface area contributed by atoms with E-state index in [2.05, 4.69) is 5.32 Å². The minimum absolute atomic E-state index is 0.401. The highest BCUT2D eigenvalue weighted by atomic mass is 16.5. The average molecular weight is 248 g/mol. The highest BCUT2D eigenvalue weighted by Crippen LogP contribution is 2.23. The van der Waals surface area contributed by atoms with E-state index in [0.29, 0.717) is 23.4 Å². The number of anilines is 1. The zero-order chi connectivity index (χ0) is 13.5. The standard InChI is InChI=1S/C13H16N2O3/c1-3-4-11(13(16)17)15-12-7-10(18-2)6-5-9(12)8-14/h5-7,11,15H,3-4H2,1-2H3,(H,16,17). The van der Waals surface area contributed by atoms with Gasteiger partial charge in [0.1, 0.15) is 17.9 Å². The van der Waals surface area contributed by atoms with Crippen LogP contribution in [0.4, 0.5) is 5.69 Å². The van der Waals surface area contributed by atoms with Crippen molar-refractivity contribution in [1.29, 1.82) is 5.26 Å². The highest BCUT2D eigenvalue weighted by molar-refractivity contribution is 5.78. The number of aliphatic carboxylic acids is 1. The number of carboxylic acids is 1. The van der Waals surface area contributed by atoms with Gasteiger partial charge in [0.05, 0.1) is 18.4 Å². The monoisotopic (exact) mass is 248 g/mol. The smallest absolute Gasteiger partial charge is 0.326 e. The molecule has 1 unspecified atom stereocenters. The van der Waals surface area contributed by atoms with Crippen LogP contribution in [0.3, 0.4) is 0 Å². The van der Waals surface area contributed by atoms with Crippen LogP contribution in [0.15, 0.2) is 18.2 Å². The van der Waals surface area contributed by atoms with E-state index in [4.69, 9.17) is 15.1 Å². The van der Waals surface area contributed by atoms with Gasteiger partial charge in [0.25, 0.3) is 0 Å². The number of nitrogens with one attached hydrogen (secondary N) is 1. The van der Waals surface area contributed by atoms with Crippen molar-refractivity contribution in [1.82, 2.24) is 0 Å². The van der Waals surface area contributed by atoms with Gasteiger partial charge in [0.2, 0.25) is 0 Å². The van der Waals surface area contributed by atoms with Crippen molar-refractivity contribution in [2.24, 2.45) is 0 Å². The fourth-order valence-corrected chi connectivity index (χ4v) is 1.60. The molecule has 1 rings (SSSR count). The van der Waals surface area contributed by atoms with E-state index in [0.717, 1.165) is 6.42 Å². The van der Waals surface area contributed by atoms with Gasteiger partial charge in [-0.15, -0.1) is 0 Å². The molecule has 5 heteroatoms. The number of hydrogen-bond donors (Lipinski definition) is 2. The van der Waals surface area contributed by atoms with E-state index in [-0.39, 0.29) is 0 Å². The Hall–Kier alpha value is -2.22. The normalized spacial score (nSPS) is 11.4. The Bertz CT molecular complexity index is 466. The van der Waals surface area contributed by atoms with Crippen LogP contribution < -0.4 is 10.1 Å². The fraction of sp³-hybridized carbons (Fsp3) is 0.385. The summed E-state index contributed by atoms with van der Waals surface area (Å²) in [5.41, 5.74) is 0.885. The van der Waals surface area contributed by atoms with Crippen LogP contribution in [0.25, 0.3) is 0 Å². The third-order valence-corrected chi connectivity index (χ3v) is 2.55. The second-order valence-corrected chi connectivity index (χ2v) is 3.85. The summed E-state index contributed by atoms with van der Waals surface area (Å²) in [5.74, 6) is -0.347. The quantitative estimate of drug-likeness (QED) is 0.806. The van der Waals surface area contributed by atoms with Crippen molar-refractivity contribution < 1.29 is 14.6 Å². The molecule has 18 heavy (non-hydrogen) atoms. The van der Waals surface area contributed by atoms with Crippen LogP contribution in [0.2, 0.25) is 0 Å². The summed E-state index contributed by atoms with van der Waals surface area (Å²) in [4.78, 5) is 11.1. The predicted molar refractivity (Wildman–Crippen MR) is 67.7 cm³/mol. The average Bonchev–Trinajstić information content (AvgIpc) is 2.37. The molecule has 0 aliphatic rings. The topological polar surface area (TPSA) is 82.3 Å². The summed E-state index contributed by atoms with van der Waals surface area (Å²) in [5, 5.41) is 20.9. The summed E-state index contributed by atoms with van der Waals surface area (Å²) < 4.78 is 5.06. The van der Waals surface area contributed by atoms with Gasteiger partial charge in [-0.05, 0) is 18.6 Å². The minimum Gasteiger partial charge on any atom is -0.497 e. The Morgan fingerprint density at radius 1 is 1.61 bits per heavy atom. The van der Waals surface area contributed by atoms with Gasteiger partial charge < -0.3 is 15.2 Å². The molecular weight excluding hydrogens is 232 g/mol. The van der Waals surface area contributed by atoms with Crippen molar-refractivity contribution in [3.63, 3.8) is 0 Å². The molecule has 0 heterocycles. The van der Waals surface area contributed by atoms with E-state index >= 15 is 0 Å². The number of benzene rings is 1. The number of nitrogens with zero attached hydrogens (tertiary/aromatic N) is 1. The van der Waals surface area contributed by atoms with E-state index in [9.17, 15) is 4.79 Å². The number of carbonyl (C=O) groups is 1. The van der Waals surface area contributed by atoms with Crippen molar-refractivity contribution in [2.45, 2.75) is 25.8 Å². The molecule has 1 aromatic carbocycles. The van der Waals surface area contributed by atoms with E-state index in [1.807, 2.05) is 13.0 Å². The fourth-order valence-electron chi connectivity index (χ4n) is 1.60. The van der Waals surface area contributed by atoms with Crippen molar-refractivity contribution in [3.8, 4) is 11.8 Å². The summed E-state index contributed by atoms with van der Waals surface area (Å²) in [6, 6.07) is 6.22. The predicted octanol–water partition coefficient (Wildman–Crippen LogP) is 2.23. The maximum atomic E-state index is 11.1. The lowest BCUT2D eigenvalue weighted by atomic mass is 10.1. The Kier molecular flexibility index (Phi) is 5.00. The first-order valence-electron chi connectivity index (χ1n) is 5.69. The third kappa shape index (κ3) is 3.39. The largest absolute Gasteiger partial charge is 0.497 e. The molecule has 0 radical (unpaired) electrons. The zero-order valence-corrected chi connectivity index (χ0v) is 10.4. The molecule has 5 nitrogen and oxygen atoms in total. The number of methoxy groups -OCH3 is 1. The molecule has 1 aromatic rings. The summed E-state index contributed by atoms with van der Waals surface area (Å²) in [7, 11) is 1.52. The van der Waals surface area contributed by atoms with Gasteiger partial charge in [-0.25, -0.2) is 4.79 Å². The number of rotatable bonds is 6. The number of hydrogen-bond acceptors (Lipinski definition) is 4. The Morgan fingerprint density at radius 2 is 2.33 bits per heavy atom. The van der Waals surface area contributed by atoms with Gasteiger partial charge in [-0.2, -0.15) is 5.26 Å². The molecule has 0 amide bonds. The molecule has 0 bridgehead atoms. The molecule has 0 aliphatic heterocycles. The first-order chi connectivity index (χ1) is 8.62. The first kappa shape index (κ1) is 13.8. The molecule has 0 aromatic heterocycles. The van der Waals surface area contributed by atoms with Crippen molar-refractivity contribution >= 4 is 11.7 Å². The van der Waals surface area contributed by atoms with E-state index < -0.39 is 12.0 Å². The molecule has 0 aliphatic carbocycles. The Labute approximate surface area is 106 Å². The van der Waals surface area contributed by atoms with Crippen LogP contribution >= 0.6 is 0 Å². The molecular formula is C13H16N2O3. The van der Waals surface area contributed by atoms with Crippen molar-refractivity contribution in [2.75, 3.05) is 12.4 Å². The van der Waals surface area contributed by atoms with Gasteiger partial charge in [0.15, 0.2) is 0 Å². The molecule has 96 valence electrons. The maximum Gasteiger partial charge on any atom is 0.326 e. The van der Waals surface area contributed by atoms with E-state index in [1.165, 1.54) is 7.11 Å². The molecule has 0 spiro atoms. The number of carboxylic acid groups (broad SMARTS) is 1. The van der Waals surface area contributed by atoms with Gasteiger partial charge in [-0.3, -0.25) is 0 Å². The van der Waals surface area contributed by atoms with Gasteiger partial charge >= 0.3 is 5.97 Å². The first-order valence-corrected chi connectivity index (χ1v) is 5.69. The van der Waals surface area contributed by atoms with E-state index in [1.54, 1.807) is 18.2 Å². The zero-order valence-electron chi connectivity index (χ0n) is 10.4. The molecule has 1 atom stereocenters. The van der Waals surface area contributed by atoms with Crippen LogP contribution in [0, 0.1) is 11.3 Å². The minimum atomic E-state index is -0.927.